The maximum absolute atomic E-state index is 14.5. The Morgan fingerprint density at radius 2 is 1.44 bits per heavy atom. The molecule has 2 amide bonds. The maximum atomic E-state index is 14.5. The molecular weight excluding hydrogens is 653 g/mol. The summed E-state index contributed by atoms with van der Waals surface area (Å²) in [6, 6.07) is 25.9. The maximum Gasteiger partial charge on any atom is 0.264 e. The molecule has 45 heavy (non-hydrogen) atoms. The molecule has 236 valence electrons. The van der Waals surface area contributed by atoms with Crippen molar-refractivity contribution in [3.63, 3.8) is 0 Å². The number of anilines is 1. The van der Waals surface area contributed by atoms with Crippen molar-refractivity contribution < 1.29 is 18.0 Å². The molecule has 4 aromatic carbocycles. The average Bonchev–Trinajstić information content (AvgIpc) is 3.00. The number of amides is 2. The summed E-state index contributed by atoms with van der Waals surface area (Å²) < 4.78 is 29.3. The topological polar surface area (TPSA) is 86.8 Å². The third-order valence-corrected chi connectivity index (χ3v) is 9.89. The number of nitrogens with zero attached hydrogens (tertiary/aromatic N) is 2. The first-order valence-corrected chi connectivity index (χ1v) is 16.9. The van der Waals surface area contributed by atoms with E-state index in [1.165, 1.54) is 29.2 Å². The number of benzene rings is 4. The summed E-state index contributed by atoms with van der Waals surface area (Å²) in [7, 11) is -4.32. The van der Waals surface area contributed by atoms with Gasteiger partial charge in [0.25, 0.3) is 10.0 Å². The fourth-order valence-electron chi connectivity index (χ4n) is 4.76. The number of carbonyl (C=O) groups excluding carboxylic acids is 2. The van der Waals surface area contributed by atoms with Crippen LogP contribution in [0.4, 0.5) is 5.69 Å². The Balaban J connectivity index is 1.83. The zero-order valence-electron chi connectivity index (χ0n) is 25.1. The van der Waals surface area contributed by atoms with Crippen LogP contribution in [0, 0.1) is 6.92 Å². The molecule has 0 aliphatic heterocycles. The number of halogens is 3. The first-order chi connectivity index (χ1) is 21.4. The van der Waals surface area contributed by atoms with E-state index >= 15 is 0 Å². The zero-order valence-corrected chi connectivity index (χ0v) is 28.2. The predicted molar refractivity (Wildman–Crippen MR) is 181 cm³/mol. The van der Waals surface area contributed by atoms with E-state index in [2.05, 4.69) is 5.32 Å². The van der Waals surface area contributed by atoms with Crippen molar-refractivity contribution in [1.82, 2.24) is 10.2 Å². The molecule has 4 rings (SSSR count). The zero-order chi connectivity index (χ0) is 32.7. The molecule has 1 atom stereocenters. The van der Waals surface area contributed by atoms with Gasteiger partial charge in [0, 0.05) is 24.0 Å². The molecule has 0 unspecified atom stereocenters. The molecule has 1 N–H and O–H groups in total. The van der Waals surface area contributed by atoms with Crippen LogP contribution in [0.1, 0.15) is 30.5 Å². The molecule has 0 saturated carbocycles. The molecule has 4 aromatic rings. The molecule has 0 heterocycles. The lowest BCUT2D eigenvalue weighted by atomic mass is 10.0. The van der Waals surface area contributed by atoms with Crippen LogP contribution in [0.3, 0.4) is 0 Å². The van der Waals surface area contributed by atoms with Gasteiger partial charge in [0.15, 0.2) is 0 Å². The van der Waals surface area contributed by atoms with Crippen molar-refractivity contribution in [2.45, 2.75) is 50.7 Å². The van der Waals surface area contributed by atoms with E-state index in [-0.39, 0.29) is 45.5 Å². The van der Waals surface area contributed by atoms with E-state index < -0.39 is 28.5 Å². The van der Waals surface area contributed by atoms with Crippen LogP contribution in [0.25, 0.3) is 0 Å². The first-order valence-electron chi connectivity index (χ1n) is 14.3. The Morgan fingerprint density at radius 1 is 0.800 bits per heavy atom. The number of sulfonamides is 1. The number of aryl methyl sites for hydroxylation is 1. The van der Waals surface area contributed by atoms with Gasteiger partial charge >= 0.3 is 0 Å². The van der Waals surface area contributed by atoms with E-state index in [0.717, 1.165) is 15.4 Å². The molecule has 0 aromatic heterocycles. The summed E-state index contributed by atoms with van der Waals surface area (Å²) in [5.41, 5.74) is 2.44. The molecular formula is C34H34Cl3N3O4S. The van der Waals surface area contributed by atoms with Gasteiger partial charge in [-0.2, -0.15) is 0 Å². The van der Waals surface area contributed by atoms with Crippen LogP contribution >= 0.6 is 34.8 Å². The molecule has 0 bridgehead atoms. The second kappa shape index (κ2) is 15.1. The number of rotatable bonds is 12. The Kier molecular flexibility index (Phi) is 11.6. The molecule has 7 nitrogen and oxygen atoms in total. The van der Waals surface area contributed by atoms with Crippen LogP contribution < -0.4 is 9.62 Å². The standard InChI is InChI=1S/C34H34Cl3N3O4S/c1-23(2)38-34(42)31(20-25-8-5-4-6-9-25)39(21-26-14-16-27(35)17-15-26)32(41)22-40(30-11-7-10-29(36)33(30)37)45(43,44)28-18-12-24(3)13-19-28/h4-19,23,31H,20-22H2,1-3H3,(H,38,42)/t31-/m0/s1. The van der Waals surface area contributed by atoms with Crippen molar-refractivity contribution >= 4 is 62.3 Å². The van der Waals surface area contributed by atoms with Gasteiger partial charge < -0.3 is 10.2 Å². The lowest BCUT2D eigenvalue weighted by Gasteiger charge is -2.34. The smallest absolute Gasteiger partial charge is 0.264 e. The highest BCUT2D eigenvalue weighted by Gasteiger charge is 2.35. The Morgan fingerprint density at radius 3 is 2.07 bits per heavy atom. The molecule has 0 saturated heterocycles. The summed E-state index contributed by atoms with van der Waals surface area (Å²) in [4.78, 5) is 29.6. The second-order valence-corrected chi connectivity index (χ2v) is 14.0. The summed E-state index contributed by atoms with van der Waals surface area (Å²) in [6.45, 7) is 4.87. The number of nitrogens with one attached hydrogen (secondary N) is 1. The van der Waals surface area contributed by atoms with Gasteiger partial charge in [-0.15, -0.1) is 0 Å². The summed E-state index contributed by atoms with van der Waals surface area (Å²) in [6.07, 6.45) is 0.196. The SMILES string of the molecule is Cc1ccc(S(=O)(=O)N(CC(=O)N(Cc2ccc(Cl)cc2)[C@@H](Cc2ccccc2)C(=O)NC(C)C)c2cccc(Cl)c2Cl)cc1. The fourth-order valence-corrected chi connectivity index (χ4v) is 6.76. The lowest BCUT2D eigenvalue weighted by Crippen LogP contribution is -2.54. The second-order valence-electron chi connectivity index (χ2n) is 10.9. The highest BCUT2D eigenvalue weighted by molar-refractivity contribution is 7.92. The fraction of sp³-hybridized carbons (Fsp3) is 0.235. The number of hydrogen-bond donors (Lipinski definition) is 1. The first kappa shape index (κ1) is 34.3. The number of hydrogen-bond acceptors (Lipinski definition) is 4. The van der Waals surface area contributed by atoms with E-state index in [0.29, 0.717) is 10.6 Å². The van der Waals surface area contributed by atoms with Crippen molar-refractivity contribution in [1.29, 1.82) is 0 Å². The normalized spacial score (nSPS) is 12.1. The van der Waals surface area contributed by atoms with Crippen LogP contribution in [-0.2, 0) is 32.6 Å². The Labute approximate surface area is 279 Å². The summed E-state index contributed by atoms with van der Waals surface area (Å²) in [5.74, 6) is -0.985. The minimum atomic E-state index is -4.32. The summed E-state index contributed by atoms with van der Waals surface area (Å²) in [5, 5.41) is 3.55. The van der Waals surface area contributed by atoms with Gasteiger partial charge in [-0.25, -0.2) is 8.42 Å². The highest BCUT2D eigenvalue weighted by atomic mass is 35.5. The summed E-state index contributed by atoms with van der Waals surface area (Å²) >= 11 is 19.0. The van der Waals surface area contributed by atoms with Gasteiger partial charge in [-0.05, 0) is 68.3 Å². The minimum absolute atomic E-state index is 0.0146. The van der Waals surface area contributed by atoms with Gasteiger partial charge in [0.05, 0.1) is 20.6 Å². The monoisotopic (exact) mass is 685 g/mol. The number of carbonyl (C=O) groups is 2. The van der Waals surface area contributed by atoms with Crippen molar-refractivity contribution in [3.05, 3.63) is 129 Å². The van der Waals surface area contributed by atoms with Gasteiger partial charge in [0.2, 0.25) is 11.8 Å². The molecule has 0 aliphatic rings. The van der Waals surface area contributed by atoms with Crippen LogP contribution in [-0.4, -0.2) is 43.8 Å². The molecule has 0 fully saturated rings. The lowest BCUT2D eigenvalue weighted by molar-refractivity contribution is -0.140. The molecule has 0 spiro atoms. The molecule has 0 radical (unpaired) electrons. The van der Waals surface area contributed by atoms with Crippen molar-refractivity contribution in [2.75, 3.05) is 10.8 Å². The highest BCUT2D eigenvalue weighted by Crippen LogP contribution is 2.35. The van der Waals surface area contributed by atoms with Gasteiger partial charge in [-0.3, -0.25) is 13.9 Å². The largest absolute Gasteiger partial charge is 0.352 e. The van der Waals surface area contributed by atoms with E-state index in [1.54, 1.807) is 42.5 Å². The molecule has 0 aliphatic carbocycles. The minimum Gasteiger partial charge on any atom is -0.352 e. The average molecular weight is 687 g/mol. The third kappa shape index (κ3) is 8.79. The Hall–Kier alpha value is -3.56. The molecule has 11 heteroatoms. The quantitative estimate of drug-likeness (QED) is 0.169. The van der Waals surface area contributed by atoms with Crippen molar-refractivity contribution in [2.24, 2.45) is 0 Å². The van der Waals surface area contributed by atoms with Crippen molar-refractivity contribution in [3.8, 4) is 0 Å². The van der Waals surface area contributed by atoms with E-state index in [4.69, 9.17) is 34.8 Å². The van der Waals surface area contributed by atoms with Crippen LogP contribution in [0.2, 0.25) is 15.1 Å². The van der Waals surface area contributed by atoms with E-state index in [9.17, 15) is 18.0 Å². The Bertz CT molecular complexity index is 1730. The predicted octanol–water partition coefficient (Wildman–Crippen LogP) is 7.32. The van der Waals surface area contributed by atoms with E-state index in [1.807, 2.05) is 51.1 Å². The van der Waals surface area contributed by atoms with Crippen LogP contribution in [0.5, 0.6) is 0 Å². The van der Waals surface area contributed by atoms with Crippen LogP contribution in [0.15, 0.2) is 102 Å². The third-order valence-electron chi connectivity index (χ3n) is 7.06. The van der Waals surface area contributed by atoms with Gasteiger partial charge in [0.1, 0.15) is 12.6 Å². The van der Waals surface area contributed by atoms with Gasteiger partial charge in [-0.1, -0.05) is 101 Å².